The first-order valence-electron chi connectivity index (χ1n) is 5.40. The summed E-state index contributed by atoms with van der Waals surface area (Å²) in [5.74, 6) is -1.90. The van der Waals surface area contributed by atoms with Crippen molar-refractivity contribution in [1.82, 2.24) is 15.5 Å². The van der Waals surface area contributed by atoms with Crippen molar-refractivity contribution < 1.29 is 19.5 Å². The molecule has 0 unspecified atom stereocenters. The Morgan fingerprint density at radius 3 is 2.11 bits per heavy atom. The second-order valence-electron chi connectivity index (χ2n) is 4.07. The van der Waals surface area contributed by atoms with Crippen LogP contribution in [0, 0.1) is 0 Å². The van der Waals surface area contributed by atoms with Crippen LogP contribution in [-0.4, -0.2) is 55.1 Å². The fourth-order valence-corrected chi connectivity index (χ4v) is 0.965. The molecule has 0 bridgehead atoms. The minimum Gasteiger partial charge on any atom is -0.478 e. The average molecular weight is 257 g/mol. The maximum atomic E-state index is 11.5. The lowest BCUT2D eigenvalue weighted by Gasteiger charge is -2.11. The van der Waals surface area contributed by atoms with E-state index in [0.717, 1.165) is 0 Å². The number of imide groups is 1. The van der Waals surface area contributed by atoms with Crippen LogP contribution in [0.3, 0.4) is 0 Å². The first-order valence-corrected chi connectivity index (χ1v) is 5.40. The Hall–Kier alpha value is -1.89. The molecule has 3 N–H and O–H groups in total. The van der Waals surface area contributed by atoms with Gasteiger partial charge in [0.05, 0.1) is 0 Å². The van der Waals surface area contributed by atoms with Crippen molar-refractivity contribution in [3.05, 3.63) is 11.1 Å². The van der Waals surface area contributed by atoms with Gasteiger partial charge in [-0.05, 0) is 27.9 Å². The Morgan fingerprint density at radius 2 is 1.67 bits per heavy atom. The summed E-state index contributed by atoms with van der Waals surface area (Å²) in [5.41, 5.74) is -0.0844. The van der Waals surface area contributed by atoms with E-state index < -0.39 is 17.9 Å². The van der Waals surface area contributed by atoms with Crippen LogP contribution in [0.5, 0.6) is 0 Å². The molecule has 0 fully saturated rings. The Morgan fingerprint density at radius 1 is 1.11 bits per heavy atom. The quantitative estimate of drug-likeness (QED) is 0.592. The molecule has 0 atom stereocenters. The Balaban J connectivity index is 4.28. The van der Waals surface area contributed by atoms with Crippen LogP contribution in [0.1, 0.15) is 13.8 Å². The molecule has 7 heteroatoms. The van der Waals surface area contributed by atoms with Gasteiger partial charge in [0.25, 0.3) is 5.91 Å². The summed E-state index contributed by atoms with van der Waals surface area (Å²) in [6, 6.07) is -0.639. The molecule has 0 heterocycles. The summed E-state index contributed by atoms with van der Waals surface area (Å²) in [6.07, 6.45) is 0. The number of nitrogens with zero attached hydrogens (tertiary/aromatic N) is 1. The van der Waals surface area contributed by atoms with Gasteiger partial charge in [-0.1, -0.05) is 0 Å². The molecular weight excluding hydrogens is 238 g/mol. The molecule has 0 spiro atoms. The van der Waals surface area contributed by atoms with E-state index in [9.17, 15) is 14.4 Å². The maximum absolute atomic E-state index is 11.5. The number of carbonyl (C=O) groups excluding carboxylic acids is 2. The van der Waals surface area contributed by atoms with Gasteiger partial charge in [0, 0.05) is 24.2 Å². The Labute approximate surface area is 106 Å². The molecule has 18 heavy (non-hydrogen) atoms. The highest BCUT2D eigenvalue weighted by Crippen LogP contribution is 2.02. The van der Waals surface area contributed by atoms with E-state index in [1.54, 1.807) is 0 Å². The van der Waals surface area contributed by atoms with Crippen LogP contribution in [0.2, 0.25) is 0 Å². The van der Waals surface area contributed by atoms with Crippen LogP contribution >= 0.6 is 0 Å². The van der Waals surface area contributed by atoms with E-state index in [0.29, 0.717) is 13.1 Å². The molecule has 0 rings (SSSR count). The third-order valence-electron chi connectivity index (χ3n) is 2.30. The lowest BCUT2D eigenvalue weighted by atomic mass is 10.1. The number of carbonyl (C=O) groups is 3. The second-order valence-corrected chi connectivity index (χ2v) is 4.07. The van der Waals surface area contributed by atoms with E-state index in [4.69, 9.17) is 5.11 Å². The van der Waals surface area contributed by atoms with Gasteiger partial charge < -0.3 is 15.3 Å². The number of carboxylic acid groups (broad SMARTS) is 1. The largest absolute Gasteiger partial charge is 0.478 e. The van der Waals surface area contributed by atoms with Crippen molar-refractivity contribution in [1.29, 1.82) is 0 Å². The van der Waals surface area contributed by atoms with E-state index >= 15 is 0 Å². The van der Waals surface area contributed by atoms with E-state index in [1.165, 1.54) is 13.8 Å². The molecule has 0 aliphatic carbocycles. The van der Waals surface area contributed by atoms with Crippen LogP contribution in [0.25, 0.3) is 0 Å². The Bertz CT molecular complexity index is 374. The molecular formula is C11H19N3O4. The van der Waals surface area contributed by atoms with Gasteiger partial charge in [-0.3, -0.25) is 10.1 Å². The molecule has 0 aromatic heterocycles. The molecule has 0 aliphatic rings. The van der Waals surface area contributed by atoms with Crippen molar-refractivity contribution in [3.8, 4) is 0 Å². The predicted octanol–water partition coefficient (Wildman–Crippen LogP) is -0.205. The number of likely N-dealkylation sites (N-methyl/N-ethyl adjacent to an activating group) is 1. The predicted molar refractivity (Wildman–Crippen MR) is 66.1 cm³/mol. The topological polar surface area (TPSA) is 98.7 Å². The molecule has 7 nitrogen and oxygen atoms in total. The van der Waals surface area contributed by atoms with Crippen LogP contribution in [0.15, 0.2) is 11.1 Å². The van der Waals surface area contributed by atoms with Crippen molar-refractivity contribution in [2.75, 3.05) is 27.2 Å². The van der Waals surface area contributed by atoms with E-state index in [1.807, 2.05) is 19.0 Å². The highest BCUT2D eigenvalue weighted by atomic mass is 16.4. The van der Waals surface area contributed by atoms with Gasteiger partial charge in [-0.25, -0.2) is 9.59 Å². The summed E-state index contributed by atoms with van der Waals surface area (Å²) in [7, 11) is 3.71. The smallest absolute Gasteiger partial charge is 0.331 e. The van der Waals surface area contributed by atoms with Crippen LogP contribution in [-0.2, 0) is 9.59 Å². The van der Waals surface area contributed by atoms with Crippen molar-refractivity contribution in [3.63, 3.8) is 0 Å². The first-order chi connectivity index (χ1) is 8.25. The zero-order valence-electron chi connectivity index (χ0n) is 11.0. The van der Waals surface area contributed by atoms with Crippen LogP contribution < -0.4 is 10.6 Å². The summed E-state index contributed by atoms with van der Waals surface area (Å²) in [6.45, 7) is 3.70. The molecule has 0 aromatic carbocycles. The van der Waals surface area contributed by atoms with Gasteiger partial charge >= 0.3 is 12.0 Å². The number of hydrogen-bond donors (Lipinski definition) is 3. The second kappa shape index (κ2) is 7.44. The SMILES string of the molecule is CC(C(=O)O)=C(C)C(=O)NC(=O)NCCN(C)C. The van der Waals surface area contributed by atoms with Gasteiger partial charge in [0.15, 0.2) is 0 Å². The summed E-state index contributed by atoms with van der Waals surface area (Å²) < 4.78 is 0. The van der Waals surface area contributed by atoms with Crippen molar-refractivity contribution in [2.45, 2.75) is 13.8 Å². The van der Waals surface area contributed by atoms with E-state index in [2.05, 4.69) is 10.6 Å². The number of urea groups is 1. The number of amides is 3. The fraction of sp³-hybridized carbons (Fsp3) is 0.545. The number of aliphatic carboxylic acids is 1. The zero-order chi connectivity index (χ0) is 14.3. The van der Waals surface area contributed by atoms with E-state index in [-0.39, 0.29) is 11.1 Å². The minimum absolute atomic E-state index is 0.00487. The fourth-order valence-electron chi connectivity index (χ4n) is 0.965. The summed E-state index contributed by atoms with van der Waals surface area (Å²) >= 11 is 0. The average Bonchev–Trinajstić information content (AvgIpc) is 2.26. The van der Waals surface area contributed by atoms with Gasteiger partial charge in [0.2, 0.25) is 0 Å². The standard InChI is InChI=1S/C11H19N3O4/c1-7(8(2)10(16)17)9(15)13-11(18)12-5-6-14(3)4/h5-6H2,1-4H3,(H,16,17)(H2,12,13,15,18). The molecule has 3 amide bonds. The third kappa shape index (κ3) is 6.00. The van der Waals surface area contributed by atoms with Crippen molar-refractivity contribution in [2.24, 2.45) is 0 Å². The third-order valence-corrected chi connectivity index (χ3v) is 2.30. The highest BCUT2D eigenvalue weighted by Gasteiger charge is 2.14. The molecule has 0 saturated heterocycles. The zero-order valence-corrected chi connectivity index (χ0v) is 11.0. The molecule has 102 valence electrons. The van der Waals surface area contributed by atoms with Crippen molar-refractivity contribution >= 4 is 17.9 Å². The van der Waals surface area contributed by atoms with Gasteiger partial charge in [-0.15, -0.1) is 0 Å². The monoisotopic (exact) mass is 257 g/mol. The normalized spacial score (nSPS) is 11.8. The molecule has 0 aromatic rings. The lowest BCUT2D eigenvalue weighted by Crippen LogP contribution is -2.42. The molecule has 0 aliphatic heterocycles. The summed E-state index contributed by atoms with van der Waals surface area (Å²) in [5, 5.41) is 13.2. The lowest BCUT2D eigenvalue weighted by molar-refractivity contribution is -0.133. The van der Waals surface area contributed by atoms with Crippen LogP contribution in [0.4, 0.5) is 4.79 Å². The summed E-state index contributed by atoms with van der Waals surface area (Å²) in [4.78, 5) is 35.3. The van der Waals surface area contributed by atoms with Gasteiger partial charge in [-0.2, -0.15) is 0 Å². The number of carboxylic acids is 1. The first kappa shape index (κ1) is 16.1. The number of rotatable bonds is 5. The minimum atomic E-state index is -1.18. The molecule has 0 radical (unpaired) electrons. The highest BCUT2D eigenvalue weighted by molar-refractivity contribution is 6.07. The number of nitrogens with one attached hydrogen (secondary N) is 2. The number of hydrogen-bond acceptors (Lipinski definition) is 4. The molecule has 0 saturated carbocycles. The maximum Gasteiger partial charge on any atom is 0.331 e. The Kier molecular flexibility index (Phi) is 6.66. The van der Waals surface area contributed by atoms with Gasteiger partial charge in [0.1, 0.15) is 0 Å².